The molecule has 1 N–H and O–H groups in total. The monoisotopic (exact) mass is 375 g/mol. The van der Waals surface area contributed by atoms with Crippen molar-refractivity contribution in [3.05, 3.63) is 57.7 Å². The molecule has 0 spiro atoms. The minimum absolute atomic E-state index is 0.761. The molecule has 1 aromatic heterocycles. The molecule has 3 aromatic rings. The van der Waals surface area contributed by atoms with E-state index in [1.165, 1.54) is 22.6 Å². The summed E-state index contributed by atoms with van der Waals surface area (Å²) in [7, 11) is 0. The zero-order chi connectivity index (χ0) is 15.3. The molecule has 112 valence electrons. The Balaban J connectivity index is 1.89. The number of fused-ring (bicyclic) bond motifs is 3. The van der Waals surface area contributed by atoms with Crippen molar-refractivity contribution in [3.63, 3.8) is 0 Å². The average molecular weight is 377 g/mol. The number of benzene rings is 2. The molecule has 0 amide bonds. The lowest BCUT2D eigenvalue weighted by Gasteiger charge is -2.25. The average Bonchev–Trinajstić information content (AvgIpc) is 2.61. The Hall–Kier alpha value is -1.65. The molecule has 0 fully saturated rings. The second kappa shape index (κ2) is 5.21. The Bertz CT molecular complexity index is 832. The van der Waals surface area contributed by atoms with Crippen molar-refractivity contribution in [1.82, 2.24) is 9.78 Å². The van der Waals surface area contributed by atoms with E-state index < -0.39 is 0 Å². The highest BCUT2D eigenvalue weighted by molar-refractivity contribution is 9.10. The van der Waals surface area contributed by atoms with Gasteiger partial charge in [-0.25, -0.2) is 0 Å². The van der Waals surface area contributed by atoms with E-state index in [1.807, 2.05) is 12.1 Å². The van der Waals surface area contributed by atoms with Crippen LogP contribution in [0.2, 0.25) is 5.02 Å². The van der Waals surface area contributed by atoms with Crippen LogP contribution in [0.5, 0.6) is 0 Å². The number of hydrogen-bond donors (Lipinski definition) is 1. The minimum Gasteiger partial charge on any atom is -0.339 e. The van der Waals surface area contributed by atoms with Crippen LogP contribution >= 0.6 is 27.5 Å². The number of aromatic amines is 1. The molecule has 0 unspecified atom stereocenters. The number of H-pyrrole nitrogens is 1. The van der Waals surface area contributed by atoms with E-state index in [0.717, 1.165) is 28.3 Å². The fraction of sp³-hybridized carbons (Fsp3) is 0.176. The number of hydrogen-bond acceptors (Lipinski definition) is 1. The molecular weight excluding hydrogens is 362 g/mol. The fourth-order valence-corrected chi connectivity index (χ4v) is 3.59. The molecule has 22 heavy (non-hydrogen) atoms. The third kappa shape index (κ3) is 2.18. The standard InChI is InChI=1S/C17H15BrClN3/c1-11-17-15-7-2-12(18)10-16(15)21(8-9-22(17)20-11)14-5-3-13(19)4-6-14/h2-7,10,20H,8-9H2,1H3. The maximum absolute atomic E-state index is 6.03. The Morgan fingerprint density at radius 3 is 2.59 bits per heavy atom. The second-order valence-electron chi connectivity index (χ2n) is 5.53. The summed E-state index contributed by atoms with van der Waals surface area (Å²) >= 11 is 9.63. The predicted octanol–water partition coefficient (Wildman–Crippen LogP) is 5.36. The molecule has 0 aliphatic carbocycles. The van der Waals surface area contributed by atoms with Crippen LogP contribution in [0.25, 0.3) is 11.3 Å². The van der Waals surface area contributed by atoms with E-state index in [0.29, 0.717) is 0 Å². The van der Waals surface area contributed by atoms with Crippen molar-refractivity contribution in [2.24, 2.45) is 0 Å². The predicted molar refractivity (Wildman–Crippen MR) is 95.1 cm³/mol. The maximum atomic E-state index is 6.03. The topological polar surface area (TPSA) is 24.0 Å². The van der Waals surface area contributed by atoms with Gasteiger partial charge in [0.25, 0.3) is 0 Å². The van der Waals surface area contributed by atoms with Gasteiger partial charge in [0, 0.05) is 27.3 Å². The molecule has 3 nitrogen and oxygen atoms in total. The number of nitrogens with zero attached hydrogens (tertiary/aromatic N) is 2. The van der Waals surface area contributed by atoms with Gasteiger partial charge in [-0.1, -0.05) is 27.5 Å². The van der Waals surface area contributed by atoms with E-state index >= 15 is 0 Å². The van der Waals surface area contributed by atoms with Gasteiger partial charge in [-0.05, 0) is 49.4 Å². The third-order valence-corrected chi connectivity index (χ3v) is 4.86. The first-order valence-electron chi connectivity index (χ1n) is 7.21. The summed E-state index contributed by atoms with van der Waals surface area (Å²) in [6, 6.07) is 14.5. The van der Waals surface area contributed by atoms with Gasteiger partial charge in [0.05, 0.1) is 23.6 Å². The first-order valence-corrected chi connectivity index (χ1v) is 8.39. The summed E-state index contributed by atoms with van der Waals surface area (Å²) in [4.78, 5) is 2.34. The first-order chi connectivity index (χ1) is 10.6. The molecule has 2 aromatic carbocycles. The quantitative estimate of drug-likeness (QED) is 0.607. The summed E-state index contributed by atoms with van der Waals surface area (Å²) in [5.74, 6) is 0. The fourth-order valence-electron chi connectivity index (χ4n) is 3.11. The Morgan fingerprint density at radius 2 is 1.86 bits per heavy atom. The molecule has 0 saturated heterocycles. The van der Waals surface area contributed by atoms with E-state index in [4.69, 9.17) is 11.6 Å². The van der Waals surface area contributed by atoms with E-state index in [-0.39, 0.29) is 0 Å². The van der Waals surface area contributed by atoms with Crippen molar-refractivity contribution in [2.75, 3.05) is 11.4 Å². The van der Waals surface area contributed by atoms with Crippen LogP contribution in [0.3, 0.4) is 0 Å². The first kappa shape index (κ1) is 14.0. The highest BCUT2D eigenvalue weighted by Crippen LogP contribution is 2.41. The molecule has 1 aliphatic rings. The highest BCUT2D eigenvalue weighted by atomic mass is 79.9. The molecule has 1 aliphatic heterocycles. The normalized spacial score (nSPS) is 13.7. The van der Waals surface area contributed by atoms with E-state index in [2.05, 4.69) is 67.9 Å². The van der Waals surface area contributed by atoms with Gasteiger partial charge in [0.2, 0.25) is 0 Å². The van der Waals surface area contributed by atoms with Gasteiger partial charge >= 0.3 is 0 Å². The van der Waals surface area contributed by atoms with Crippen LogP contribution in [0, 0.1) is 6.92 Å². The van der Waals surface area contributed by atoms with Crippen molar-refractivity contribution in [2.45, 2.75) is 13.5 Å². The lowest BCUT2D eigenvalue weighted by Crippen LogP contribution is -2.22. The zero-order valence-corrected chi connectivity index (χ0v) is 14.4. The SMILES string of the molecule is Cc1[nH]n2c1-c1ccc(Br)cc1N(c1ccc(Cl)cc1)CC2. The lowest BCUT2D eigenvalue weighted by molar-refractivity contribution is 0.575. The largest absolute Gasteiger partial charge is 0.339 e. The van der Waals surface area contributed by atoms with Crippen LogP contribution in [0.4, 0.5) is 11.4 Å². The van der Waals surface area contributed by atoms with Crippen molar-refractivity contribution in [1.29, 1.82) is 0 Å². The van der Waals surface area contributed by atoms with E-state index in [9.17, 15) is 0 Å². The highest BCUT2D eigenvalue weighted by Gasteiger charge is 2.24. The molecule has 5 heteroatoms. The van der Waals surface area contributed by atoms with Gasteiger partial charge in [-0.3, -0.25) is 4.68 Å². The Kier molecular flexibility index (Phi) is 3.31. The summed E-state index contributed by atoms with van der Waals surface area (Å²) in [5, 5.41) is 4.14. The van der Waals surface area contributed by atoms with Crippen LogP contribution in [-0.2, 0) is 6.54 Å². The maximum Gasteiger partial charge on any atom is 0.0870 e. The van der Waals surface area contributed by atoms with Crippen LogP contribution in [-0.4, -0.2) is 16.3 Å². The number of nitrogens with one attached hydrogen (secondary N) is 1. The number of rotatable bonds is 1. The van der Waals surface area contributed by atoms with Gasteiger partial charge in [0.1, 0.15) is 0 Å². The zero-order valence-electron chi connectivity index (χ0n) is 12.1. The lowest BCUT2D eigenvalue weighted by atomic mass is 10.1. The molecule has 0 atom stereocenters. The Labute approximate surface area is 142 Å². The molecular formula is C17H15BrClN3. The number of halogens is 2. The molecule has 0 saturated carbocycles. The molecule has 4 rings (SSSR count). The summed E-state index contributed by atoms with van der Waals surface area (Å²) in [6.45, 7) is 3.96. The van der Waals surface area contributed by atoms with Crippen molar-refractivity contribution in [3.8, 4) is 11.3 Å². The van der Waals surface area contributed by atoms with Crippen LogP contribution in [0.15, 0.2) is 46.9 Å². The second-order valence-corrected chi connectivity index (χ2v) is 6.88. The van der Waals surface area contributed by atoms with Gasteiger partial charge in [-0.15, -0.1) is 0 Å². The smallest absolute Gasteiger partial charge is 0.0870 e. The third-order valence-electron chi connectivity index (χ3n) is 4.12. The molecule has 0 bridgehead atoms. The molecule has 0 radical (unpaired) electrons. The van der Waals surface area contributed by atoms with E-state index in [1.54, 1.807) is 0 Å². The van der Waals surface area contributed by atoms with Crippen molar-refractivity contribution >= 4 is 38.9 Å². The van der Waals surface area contributed by atoms with Gasteiger partial charge in [-0.2, -0.15) is 0 Å². The van der Waals surface area contributed by atoms with Gasteiger partial charge in [0.15, 0.2) is 0 Å². The van der Waals surface area contributed by atoms with Gasteiger partial charge < -0.3 is 10.00 Å². The number of anilines is 2. The summed E-state index contributed by atoms with van der Waals surface area (Å²) in [5.41, 5.74) is 6.15. The molecule has 2 heterocycles. The minimum atomic E-state index is 0.761. The Morgan fingerprint density at radius 1 is 1.09 bits per heavy atom. The number of aryl methyl sites for hydroxylation is 1. The van der Waals surface area contributed by atoms with Crippen molar-refractivity contribution < 1.29 is 0 Å². The van der Waals surface area contributed by atoms with Crippen LogP contribution < -0.4 is 4.90 Å². The summed E-state index contributed by atoms with van der Waals surface area (Å²) < 4.78 is 3.31. The summed E-state index contributed by atoms with van der Waals surface area (Å²) in [6.07, 6.45) is 0. The number of aromatic nitrogens is 2. The van der Waals surface area contributed by atoms with Crippen LogP contribution in [0.1, 0.15) is 5.69 Å².